The van der Waals surface area contributed by atoms with Crippen molar-refractivity contribution in [3.63, 3.8) is 0 Å². The maximum atomic E-state index is 11.8. The number of carboxylic acid groups (broad SMARTS) is 1. The van der Waals surface area contributed by atoms with E-state index in [2.05, 4.69) is 39.5 Å². The molecule has 0 aromatic heterocycles. The minimum atomic E-state index is -1.13. The third-order valence-corrected chi connectivity index (χ3v) is 7.92. The fourth-order valence-electron chi connectivity index (χ4n) is 6.33. The summed E-state index contributed by atoms with van der Waals surface area (Å²) < 4.78 is 5.42. The van der Waals surface area contributed by atoms with Crippen molar-refractivity contribution in [3.05, 3.63) is 24.3 Å². The third-order valence-electron chi connectivity index (χ3n) is 7.92. The number of fused-ring (bicyclic) bond motifs is 3. The Morgan fingerprint density at radius 1 is 1.30 bits per heavy atom. The third kappa shape index (κ3) is 3.72. The van der Waals surface area contributed by atoms with Crippen molar-refractivity contribution in [2.75, 3.05) is 6.61 Å². The molecule has 3 aliphatic carbocycles. The van der Waals surface area contributed by atoms with E-state index in [0.29, 0.717) is 18.4 Å². The Hall–Kier alpha value is -1.58. The number of ether oxygens (including phenoxy) is 1. The van der Waals surface area contributed by atoms with Gasteiger partial charge in [0.25, 0.3) is 0 Å². The molecule has 4 heteroatoms. The maximum Gasteiger partial charge on any atom is 0.317 e. The lowest BCUT2D eigenvalue weighted by Crippen LogP contribution is -2.52. The van der Waals surface area contributed by atoms with Gasteiger partial charge in [0.1, 0.15) is 6.42 Å². The van der Waals surface area contributed by atoms with Gasteiger partial charge in [-0.25, -0.2) is 0 Å². The zero-order valence-electron chi connectivity index (χ0n) is 17.1. The Kier molecular flexibility index (Phi) is 5.31. The quantitative estimate of drug-likeness (QED) is 0.411. The van der Waals surface area contributed by atoms with Crippen molar-refractivity contribution in [1.82, 2.24) is 0 Å². The molecule has 150 valence electrons. The van der Waals surface area contributed by atoms with E-state index in [0.717, 1.165) is 25.7 Å². The van der Waals surface area contributed by atoms with E-state index in [1.165, 1.54) is 19.3 Å². The lowest BCUT2D eigenvalue weighted by Gasteiger charge is -2.59. The van der Waals surface area contributed by atoms with E-state index in [1.54, 1.807) is 5.57 Å². The van der Waals surface area contributed by atoms with Crippen LogP contribution in [0.2, 0.25) is 0 Å². The van der Waals surface area contributed by atoms with Gasteiger partial charge in [0.2, 0.25) is 0 Å². The van der Waals surface area contributed by atoms with Gasteiger partial charge in [-0.1, -0.05) is 44.9 Å². The summed E-state index contributed by atoms with van der Waals surface area (Å²) in [7, 11) is 0. The lowest BCUT2D eigenvalue weighted by molar-refractivity contribution is -0.159. The summed E-state index contributed by atoms with van der Waals surface area (Å²) >= 11 is 0. The van der Waals surface area contributed by atoms with Crippen LogP contribution < -0.4 is 0 Å². The molecule has 0 aliphatic heterocycles. The number of allylic oxidation sites excluding steroid dienone is 3. The minimum Gasteiger partial charge on any atom is -0.481 e. The van der Waals surface area contributed by atoms with Gasteiger partial charge in [0, 0.05) is 5.41 Å². The number of carbonyl (C=O) groups is 2. The minimum absolute atomic E-state index is 0.0810. The molecule has 1 N–H and O–H groups in total. The molecular weight excluding hydrogens is 340 g/mol. The van der Waals surface area contributed by atoms with Crippen LogP contribution >= 0.6 is 0 Å². The van der Waals surface area contributed by atoms with Gasteiger partial charge in [-0.05, 0) is 61.2 Å². The molecule has 0 heterocycles. The second-order valence-electron chi connectivity index (χ2n) is 9.94. The summed E-state index contributed by atoms with van der Waals surface area (Å²) in [5.74, 6) is -0.671. The summed E-state index contributed by atoms with van der Waals surface area (Å²) in [5, 5.41) is 8.79. The predicted molar refractivity (Wildman–Crippen MR) is 105 cm³/mol. The number of carbonyl (C=O) groups excluding carboxylic acids is 1. The summed E-state index contributed by atoms with van der Waals surface area (Å²) in [6.45, 7) is 11.4. The molecule has 3 aliphatic rings. The average Bonchev–Trinajstić information content (AvgIpc) is 2.59. The second kappa shape index (κ2) is 7.10. The highest BCUT2D eigenvalue weighted by molar-refractivity contribution is 5.90. The molecule has 27 heavy (non-hydrogen) atoms. The van der Waals surface area contributed by atoms with Crippen molar-refractivity contribution in [3.8, 4) is 0 Å². The van der Waals surface area contributed by atoms with E-state index in [-0.39, 0.29) is 16.2 Å². The first kappa shape index (κ1) is 20.2. The van der Waals surface area contributed by atoms with Crippen LogP contribution in [0.5, 0.6) is 0 Å². The van der Waals surface area contributed by atoms with E-state index in [9.17, 15) is 9.59 Å². The molecule has 3 rings (SSSR count). The van der Waals surface area contributed by atoms with Crippen molar-refractivity contribution < 1.29 is 19.4 Å². The molecule has 4 nitrogen and oxygen atoms in total. The van der Waals surface area contributed by atoms with Gasteiger partial charge in [0.05, 0.1) is 6.61 Å². The smallest absolute Gasteiger partial charge is 0.317 e. The first-order valence-corrected chi connectivity index (χ1v) is 10.3. The van der Waals surface area contributed by atoms with Crippen LogP contribution in [0.25, 0.3) is 0 Å². The Labute approximate surface area is 163 Å². The zero-order valence-corrected chi connectivity index (χ0v) is 17.1. The van der Waals surface area contributed by atoms with Crippen LogP contribution in [0, 0.1) is 28.1 Å². The number of hydrogen-bond donors (Lipinski definition) is 1. The fraction of sp³-hybridized carbons (Fsp3) is 0.739. The molecule has 0 radical (unpaired) electrons. The fourth-order valence-corrected chi connectivity index (χ4v) is 6.33. The Bertz CT molecular complexity index is 665. The molecule has 0 bridgehead atoms. The van der Waals surface area contributed by atoms with Crippen molar-refractivity contribution in [1.29, 1.82) is 0 Å². The first-order valence-electron chi connectivity index (χ1n) is 10.3. The number of carboxylic acids is 1. The molecule has 0 aromatic rings. The molecule has 2 saturated carbocycles. The predicted octanol–water partition coefficient (Wildman–Crippen LogP) is 5.14. The highest BCUT2D eigenvalue weighted by Crippen LogP contribution is 2.63. The van der Waals surface area contributed by atoms with E-state index < -0.39 is 18.4 Å². The van der Waals surface area contributed by atoms with Crippen molar-refractivity contribution in [2.24, 2.45) is 28.1 Å². The SMILES string of the molecule is C=CC1(C)CCC2C(=CCC3C(C)(COC(=O)CC(=O)O)CCCC23C)C1. The number of esters is 1. The molecular formula is C23H34O4. The van der Waals surface area contributed by atoms with Crippen LogP contribution in [0.15, 0.2) is 24.3 Å². The Morgan fingerprint density at radius 2 is 2.04 bits per heavy atom. The number of hydrogen-bond acceptors (Lipinski definition) is 3. The number of aliphatic carboxylic acids is 1. The van der Waals surface area contributed by atoms with Gasteiger partial charge in [-0.3, -0.25) is 9.59 Å². The average molecular weight is 375 g/mol. The van der Waals surface area contributed by atoms with Crippen molar-refractivity contribution in [2.45, 2.75) is 72.1 Å². The zero-order chi connectivity index (χ0) is 19.9. The molecule has 2 fully saturated rings. The molecule has 0 amide bonds. The topological polar surface area (TPSA) is 63.6 Å². The van der Waals surface area contributed by atoms with E-state index in [1.807, 2.05) is 0 Å². The van der Waals surface area contributed by atoms with Gasteiger partial charge < -0.3 is 9.84 Å². The monoisotopic (exact) mass is 374 g/mol. The molecule has 0 aromatic carbocycles. The van der Waals surface area contributed by atoms with Gasteiger partial charge in [-0.15, -0.1) is 6.58 Å². The summed E-state index contributed by atoms with van der Waals surface area (Å²) in [6.07, 6.45) is 12.0. The Balaban J connectivity index is 1.79. The largest absolute Gasteiger partial charge is 0.481 e. The summed E-state index contributed by atoms with van der Waals surface area (Å²) in [4.78, 5) is 22.5. The molecule has 5 unspecified atom stereocenters. The van der Waals surface area contributed by atoms with Crippen LogP contribution in [0.3, 0.4) is 0 Å². The molecule has 5 atom stereocenters. The lowest BCUT2D eigenvalue weighted by atomic mass is 9.45. The van der Waals surface area contributed by atoms with Crippen LogP contribution in [0.4, 0.5) is 0 Å². The summed E-state index contributed by atoms with van der Waals surface area (Å²) in [6, 6.07) is 0. The molecule has 0 spiro atoms. The van der Waals surface area contributed by atoms with Gasteiger partial charge in [0.15, 0.2) is 0 Å². The van der Waals surface area contributed by atoms with E-state index >= 15 is 0 Å². The van der Waals surface area contributed by atoms with Crippen LogP contribution in [-0.2, 0) is 14.3 Å². The number of rotatable bonds is 5. The van der Waals surface area contributed by atoms with Crippen LogP contribution in [-0.4, -0.2) is 23.7 Å². The van der Waals surface area contributed by atoms with E-state index in [4.69, 9.17) is 9.84 Å². The standard InChI is InChI=1S/C23H34O4/c1-5-21(2)12-9-17-16(14-21)7-8-18-22(3,10-6-11-23(17,18)4)15-27-20(26)13-19(24)25/h5,7,17-18H,1,6,8-15H2,2-4H3,(H,24,25). The van der Waals surface area contributed by atoms with Crippen molar-refractivity contribution >= 4 is 11.9 Å². The Morgan fingerprint density at radius 3 is 2.70 bits per heavy atom. The second-order valence-corrected chi connectivity index (χ2v) is 9.94. The normalized spacial score (nSPS) is 40.9. The summed E-state index contributed by atoms with van der Waals surface area (Å²) in [5.41, 5.74) is 1.98. The first-order chi connectivity index (χ1) is 12.6. The maximum absolute atomic E-state index is 11.8. The molecule has 0 saturated heterocycles. The van der Waals surface area contributed by atoms with Gasteiger partial charge >= 0.3 is 11.9 Å². The van der Waals surface area contributed by atoms with Crippen LogP contribution in [0.1, 0.15) is 72.1 Å². The highest BCUT2D eigenvalue weighted by Gasteiger charge is 2.55. The van der Waals surface area contributed by atoms with Gasteiger partial charge in [-0.2, -0.15) is 0 Å². The highest BCUT2D eigenvalue weighted by atomic mass is 16.5.